The van der Waals surface area contributed by atoms with Crippen molar-refractivity contribution in [1.29, 1.82) is 5.26 Å². The molecule has 0 saturated heterocycles. The molecule has 0 atom stereocenters. The molecule has 4 heteroatoms. The SMILES string of the molecule is CCCc1c(C)nn(C(=O)CC#N)c1C. The first-order valence-corrected chi connectivity index (χ1v) is 5.07. The van der Waals surface area contributed by atoms with E-state index in [-0.39, 0.29) is 12.3 Å². The number of nitrogens with zero attached hydrogens (tertiary/aromatic N) is 3. The molecule has 1 aromatic heterocycles. The second-order valence-electron chi connectivity index (χ2n) is 3.54. The van der Waals surface area contributed by atoms with Crippen LogP contribution in [0.4, 0.5) is 0 Å². The van der Waals surface area contributed by atoms with Crippen molar-refractivity contribution in [2.45, 2.75) is 40.0 Å². The number of carbonyl (C=O) groups excluding carboxylic acids is 1. The van der Waals surface area contributed by atoms with Gasteiger partial charge in [0.1, 0.15) is 6.42 Å². The molecule has 0 aromatic carbocycles. The Kier molecular flexibility index (Phi) is 3.62. The molecule has 0 radical (unpaired) electrons. The Morgan fingerprint density at radius 1 is 1.53 bits per heavy atom. The van der Waals surface area contributed by atoms with Gasteiger partial charge in [-0.05, 0) is 25.8 Å². The summed E-state index contributed by atoms with van der Waals surface area (Å²) in [6.07, 6.45) is 1.84. The van der Waals surface area contributed by atoms with E-state index in [0.29, 0.717) is 0 Å². The van der Waals surface area contributed by atoms with E-state index < -0.39 is 0 Å². The van der Waals surface area contributed by atoms with Gasteiger partial charge in [-0.25, -0.2) is 4.68 Å². The van der Waals surface area contributed by atoms with Crippen LogP contribution >= 0.6 is 0 Å². The van der Waals surface area contributed by atoms with Gasteiger partial charge in [0.15, 0.2) is 0 Å². The lowest BCUT2D eigenvalue weighted by molar-refractivity contribution is 0.0901. The van der Waals surface area contributed by atoms with E-state index in [1.165, 1.54) is 4.68 Å². The summed E-state index contributed by atoms with van der Waals surface area (Å²) < 4.78 is 1.35. The fourth-order valence-electron chi connectivity index (χ4n) is 1.67. The Labute approximate surface area is 89.5 Å². The molecule has 0 bridgehead atoms. The summed E-state index contributed by atoms with van der Waals surface area (Å²) in [5, 5.41) is 12.6. The Morgan fingerprint density at radius 2 is 2.20 bits per heavy atom. The van der Waals surface area contributed by atoms with Crippen LogP contribution in [0.25, 0.3) is 0 Å². The van der Waals surface area contributed by atoms with Crippen molar-refractivity contribution in [3.8, 4) is 6.07 Å². The molecule has 0 spiro atoms. The maximum atomic E-state index is 11.5. The second-order valence-corrected chi connectivity index (χ2v) is 3.54. The molecule has 0 amide bonds. The van der Waals surface area contributed by atoms with Crippen LogP contribution in [0.5, 0.6) is 0 Å². The Balaban J connectivity index is 3.07. The van der Waals surface area contributed by atoms with Crippen LogP contribution in [-0.2, 0) is 6.42 Å². The first-order valence-electron chi connectivity index (χ1n) is 5.07. The van der Waals surface area contributed by atoms with Gasteiger partial charge in [-0.3, -0.25) is 4.79 Å². The van der Waals surface area contributed by atoms with Gasteiger partial charge >= 0.3 is 0 Å². The smallest absolute Gasteiger partial charge is 0.261 e. The molecule has 1 aromatic rings. The zero-order valence-corrected chi connectivity index (χ0v) is 9.37. The molecule has 80 valence electrons. The van der Waals surface area contributed by atoms with Crippen LogP contribution in [0.3, 0.4) is 0 Å². The molecule has 1 heterocycles. The highest BCUT2D eigenvalue weighted by molar-refractivity contribution is 5.80. The molecule has 0 aliphatic rings. The van der Waals surface area contributed by atoms with Gasteiger partial charge in [0, 0.05) is 5.69 Å². The minimum atomic E-state index is -0.250. The van der Waals surface area contributed by atoms with Gasteiger partial charge in [-0.2, -0.15) is 10.4 Å². The monoisotopic (exact) mass is 205 g/mol. The highest BCUT2D eigenvalue weighted by Crippen LogP contribution is 2.15. The van der Waals surface area contributed by atoms with Gasteiger partial charge in [0.2, 0.25) is 0 Å². The third-order valence-electron chi connectivity index (χ3n) is 2.41. The van der Waals surface area contributed by atoms with Gasteiger partial charge in [-0.15, -0.1) is 0 Å². The average Bonchev–Trinajstić information content (AvgIpc) is 2.47. The van der Waals surface area contributed by atoms with E-state index in [2.05, 4.69) is 12.0 Å². The van der Waals surface area contributed by atoms with Gasteiger partial charge in [0.25, 0.3) is 5.91 Å². The molecule has 0 aliphatic carbocycles. The number of hydrogen-bond donors (Lipinski definition) is 0. The molecule has 0 fully saturated rings. The standard InChI is InChI=1S/C11H15N3O/c1-4-5-10-8(2)13-14(9(10)3)11(15)6-7-12/h4-6H2,1-3H3. The van der Waals surface area contributed by atoms with Crippen LogP contribution in [0.1, 0.15) is 41.5 Å². The fraction of sp³-hybridized carbons (Fsp3) is 0.545. The van der Waals surface area contributed by atoms with Crippen LogP contribution in [0, 0.1) is 25.2 Å². The lowest BCUT2D eigenvalue weighted by Crippen LogP contribution is -2.13. The van der Waals surface area contributed by atoms with Crippen molar-refractivity contribution < 1.29 is 4.79 Å². The van der Waals surface area contributed by atoms with Gasteiger partial charge in [-0.1, -0.05) is 13.3 Å². The quantitative estimate of drug-likeness (QED) is 0.758. The summed E-state index contributed by atoms with van der Waals surface area (Å²) in [5.41, 5.74) is 2.89. The average molecular weight is 205 g/mol. The summed E-state index contributed by atoms with van der Waals surface area (Å²) in [6, 6.07) is 1.84. The Hall–Kier alpha value is -1.63. The zero-order chi connectivity index (χ0) is 11.4. The van der Waals surface area contributed by atoms with Gasteiger partial charge in [0.05, 0.1) is 11.8 Å². The lowest BCUT2D eigenvalue weighted by Gasteiger charge is -2.00. The number of carbonyl (C=O) groups is 1. The first-order chi connectivity index (χ1) is 7.11. The van der Waals surface area contributed by atoms with Crippen molar-refractivity contribution in [1.82, 2.24) is 9.78 Å². The molecule has 0 saturated carbocycles. The summed E-state index contributed by atoms with van der Waals surface area (Å²) in [7, 11) is 0. The number of rotatable bonds is 3. The lowest BCUT2D eigenvalue weighted by atomic mass is 10.1. The Bertz CT molecular complexity index is 412. The second kappa shape index (κ2) is 4.74. The van der Waals surface area contributed by atoms with Crippen LogP contribution in [-0.4, -0.2) is 15.7 Å². The van der Waals surface area contributed by atoms with Crippen LogP contribution in [0.15, 0.2) is 0 Å². The van der Waals surface area contributed by atoms with Crippen molar-refractivity contribution >= 4 is 5.91 Å². The van der Waals surface area contributed by atoms with Crippen LogP contribution < -0.4 is 0 Å². The number of nitriles is 1. The molecule has 0 aliphatic heterocycles. The normalized spacial score (nSPS) is 10.0. The van der Waals surface area contributed by atoms with E-state index in [0.717, 1.165) is 29.8 Å². The fourth-order valence-corrected chi connectivity index (χ4v) is 1.67. The van der Waals surface area contributed by atoms with E-state index in [9.17, 15) is 4.79 Å². The summed E-state index contributed by atoms with van der Waals surface area (Å²) >= 11 is 0. The topological polar surface area (TPSA) is 58.7 Å². The van der Waals surface area contributed by atoms with E-state index >= 15 is 0 Å². The molecule has 1 rings (SSSR count). The van der Waals surface area contributed by atoms with Crippen molar-refractivity contribution in [2.24, 2.45) is 0 Å². The highest BCUT2D eigenvalue weighted by atomic mass is 16.2. The predicted molar refractivity (Wildman–Crippen MR) is 56.6 cm³/mol. The predicted octanol–water partition coefficient (Wildman–Crippen LogP) is 2.01. The number of aromatic nitrogens is 2. The summed E-state index contributed by atoms with van der Waals surface area (Å²) in [5.74, 6) is -0.250. The third kappa shape index (κ3) is 2.24. The minimum absolute atomic E-state index is 0.118. The van der Waals surface area contributed by atoms with Crippen molar-refractivity contribution in [3.63, 3.8) is 0 Å². The maximum absolute atomic E-state index is 11.5. The maximum Gasteiger partial charge on any atom is 0.261 e. The van der Waals surface area contributed by atoms with Crippen molar-refractivity contribution in [2.75, 3.05) is 0 Å². The molecule has 4 nitrogen and oxygen atoms in total. The van der Waals surface area contributed by atoms with E-state index in [1.807, 2.05) is 19.9 Å². The highest BCUT2D eigenvalue weighted by Gasteiger charge is 2.15. The third-order valence-corrected chi connectivity index (χ3v) is 2.41. The minimum Gasteiger partial charge on any atom is -0.271 e. The Morgan fingerprint density at radius 3 is 2.73 bits per heavy atom. The van der Waals surface area contributed by atoms with E-state index in [1.54, 1.807) is 0 Å². The molecule has 0 unspecified atom stereocenters. The van der Waals surface area contributed by atoms with Gasteiger partial charge < -0.3 is 0 Å². The molecular weight excluding hydrogens is 190 g/mol. The number of hydrogen-bond acceptors (Lipinski definition) is 3. The summed E-state index contributed by atoms with van der Waals surface area (Å²) in [6.45, 7) is 5.86. The first kappa shape index (κ1) is 11.4. The van der Waals surface area contributed by atoms with E-state index in [4.69, 9.17) is 5.26 Å². The molecule has 0 N–H and O–H groups in total. The molecular formula is C11H15N3O. The summed E-state index contributed by atoms with van der Waals surface area (Å²) in [4.78, 5) is 11.5. The largest absolute Gasteiger partial charge is 0.271 e. The number of aryl methyl sites for hydroxylation is 1. The molecule has 15 heavy (non-hydrogen) atoms. The zero-order valence-electron chi connectivity index (χ0n) is 9.37. The van der Waals surface area contributed by atoms with Crippen molar-refractivity contribution in [3.05, 3.63) is 17.0 Å². The van der Waals surface area contributed by atoms with Crippen LogP contribution in [0.2, 0.25) is 0 Å².